The lowest BCUT2D eigenvalue weighted by Crippen LogP contribution is -1.91. The predicted octanol–water partition coefficient (Wildman–Crippen LogP) is 3.08. The number of benzene rings is 1. The van der Waals surface area contributed by atoms with Gasteiger partial charge < -0.3 is 0 Å². The first-order chi connectivity index (χ1) is 5.90. The van der Waals surface area contributed by atoms with Gasteiger partial charge in [0.05, 0.1) is 5.69 Å². The Bertz CT molecular complexity index is 313. The molecule has 0 spiro atoms. The van der Waals surface area contributed by atoms with Crippen LogP contribution >= 0.6 is 0 Å². The van der Waals surface area contributed by atoms with Crippen LogP contribution in [-0.4, -0.2) is 0 Å². The zero-order valence-electron chi connectivity index (χ0n) is 7.25. The third kappa shape index (κ3) is 1.22. The molecule has 1 heterocycles. The molecule has 1 nitrogen and oxygen atoms in total. The second kappa shape index (κ2) is 3.02. The molecule has 12 heavy (non-hydrogen) atoms. The zero-order chi connectivity index (χ0) is 8.39. The summed E-state index contributed by atoms with van der Waals surface area (Å²) >= 11 is 0. The summed E-state index contributed by atoms with van der Waals surface area (Å²) in [5.74, 6) is 0. The van der Waals surface area contributed by atoms with Gasteiger partial charge in [-0.2, -0.15) is 0 Å². The molecule has 1 aliphatic rings. The van der Waals surface area contributed by atoms with E-state index in [0.29, 0.717) is 0 Å². The standard InChI is InChI=1S/C11H12N/c1-2-5-10-8-9-6-3-4-7-11(9)12-10/h3-4,6-8H,2,5H2,1H3. The summed E-state index contributed by atoms with van der Waals surface area (Å²) in [6.45, 7) is 2.18. The highest BCUT2D eigenvalue weighted by atomic mass is 14.9. The second-order valence-corrected chi connectivity index (χ2v) is 3.06. The molecule has 0 amide bonds. The summed E-state index contributed by atoms with van der Waals surface area (Å²) in [4.78, 5) is 0. The molecular weight excluding hydrogens is 146 g/mol. The van der Waals surface area contributed by atoms with Gasteiger partial charge in [-0.25, -0.2) is 0 Å². The molecule has 0 unspecified atom stereocenters. The summed E-state index contributed by atoms with van der Waals surface area (Å²) < 4.78 is 0. The Morgan fingerprint density at radius 1 is 1.25 bits per heavy atom. The van der Waals surface area contributed by atoms with Crippen molar-refractivity contribution in [2.24, 2.45) is 0 Å². The van der Waals surface area contributed by atoms with Gasteiger partial charge in [-0.3, -0.25) is 5.32 Å². The number of nitrogens with zero attached hydrogens (tertiary/aromatic N) is 1. The molecule has 1 radical (unpaired) electrons. The van der Waals surface area contributed by atoms with E-state index in [1.807, 2.05) is 6.07 Å². The first-order valence-corrected chi connectivity index (χ1v) is 4.41. The SMILES string of the molecule is CCCC1=Cc2ccccc2[N]1. The van der Waals surface area contributed by atoms with E-state index in [1.54, 1.807) is 0 Å². The van der Waals surface area contributed by atoms with E-state index in [1.165, 1.54) is 17.7 Å². The van der Waals surface area contributed by atoms with E-state index in [4.69, 9.17) is 0 Å². The smallest absolute Gasteiger partial charge is 0.0705 e. The van der Waals surface area contributed by atoms with Gasteiger partial charge in [-0.15, -0.1) is 0 Å². The molecule has 0 atom stereocenters. The minimum absolute atomic E-state index is 1.09. The highest BCUT2D eigenvalue weighted by molar-refractivity contribution is 5.71. The molecule has 2 rings (SSSR count). The molecule has 1 heteroatoms. The summed E-state index contributed by atoms with van der Waals surface area (Å²) in [6, 6.07) is 8.26. The molecule has 0 saturated heterocycles. The normalized spacial score (nSPS) is 13.6. The van der Waals surface area contributed by atoms with Crippen LogP contribution in [0.4, 0.5) is 5.69 Å². The van der Waals surface area contributed by atoms with E-state index in [0.717, 1.165) is 12.1 Å². The maximum atomic E-state index is 4.50. The molecule has 61 valence electrons. The maximum absolute atomic E-state index is 4.50. The number of hydrogen-bond acceptors (Lipinski definition) is 0. The quantitative estimate of drug-likeness (QED) is 0.628. The van der Waals surface area contributed by atoms with Gasteiger partial charge in [0, 0.05) is 11.3 Å². The topological polar surface area (TPSA) is 14.1 Å². The fourth-order valence-electron chi connectivity index (χ4n) is 1.46. The number of allylic oxidation sites excluding steroid dienone is 1. The maximum Gasteiger partial charge on any atom is 0.0705 e. The molecule has 0 aliphatic carbocycles. The fraction of sp³-hybridized carbons (Fsp3) is 0.273. The van der Waals surface area contributed by atoms with E-state index in [2.05, 4.69) is 36.5 Å². The molecular formula is C11H12N. The number of fused-ring (bicyclic) bond motifs is 1. The van der Waals surface area contributed by atoms with Gasteiger partial charge in [0.2, 0.25) is 0 Å². The molecule has 1 aromatic carbocycles. The van der Waals surface area contributed by atoms with Gasteiger partial charge in [0.15, 0.2) is 0 Å². The average Bonchev–Trinajstić information content (AvgIpc) is 2.47. The van der Waals surface area contributed by atoms with Crippen LogP contribution in [0.2, 0.25) is 0 Å². The summed E-state index contributed by atoms with van der Waals surface area (Å²) in [5.41, 5.74) is 3.61. The highest BCUT2D eigenvalue weighted by Crippen LogP contribution is 2.28. The minimum atomic E-state index is 1.09. The van der Waals surface area contributed by atoms with Crippen molar-refractivity contribution >= 4 is 11.8 Å². The Kier molecular flexibility index (Phi) is 1.86. The van der Waals surface area contributed by atoms with Crippen LogP contribution in [0.5, 0.6) is 0 Å². The first-order valence-electron chi connectivity index (χ1n) is 4.41. The Labute approximate surface area is 73.1 Å². The number of para-hydroxylation sites is 1. The van der Waals surface area contributed by atoms with Crippen molar-refractivity contribution in [3.8, 4) is 0 Å². The van der Waals surface area contributed by atoms with Crippen LogP contribution in [0, 0.1) is 0 Å². The van der Waals surface area contributed by atoms with Crippen LogP contribution in [0.3, 0.4) is 0 Å². The lowest BCUT2D eigenvalue weighted by molar-refractivity contribution is 0.854. The summed E-state index contributed by atoms with van der Waals surface area (Å²) in [7, 11) is 0. The average molecular weight is 158 g/mol. The third-order valence-corrected chi connectivity index (χ3v) is 2.03. The van der Waals surface area contributed by atoms with Gasteiger partial charge in [-0.05, 0) is 18.6 Å². The van der Waals surface area contributed by atoms with Gasteiger partial charge in [-0.1, -0.05) is 31.5 Å². The van der Waals surface area contributed by atoms with Crippen molar-refractivity contribution in [3.05, 3.63) is 35.5 Å². The Morgan fingerprint density at radius 2 is 2.08 bits per heavy atom. The third-order valence-electron chi connectivity index (χ3n) is 2.03. The molecule has 1 aromatic rings. The number of rotatable bonds is 2. The van der Waals surface area contributed by atoms with E-state index in [-0.39, 0.29) is 0 Å². The van der Waals surface area contributed by atoms with Crippen molar-refractivity contribution in [3.63, 3.8) is 0 Å². The molecule has 0 bridgehead atoms. The van der Waals surface area contributed by atoms with Crippen molar-refractivity contribution in [1.82, 2.24) is 5.32 Å². The lowest BCUT2D eigenvalue weighted by atomic mass is 10.2. The van der Waals surface area contributed by atoms with Crippen LogP contribution in [0.1, 0.15) is 25.3 Å². The minimum Gasteiger partial charge on any atom is -0.253 e. The monoisotopic (exact) mass is 158 g/mol. The van der Waals surface area contributed by atoms with Crippen LogP contribution in [-0.2, 0) is 0 Å². The van der Waals surface area contributed by atoms with E-state index < -0.39 is 0 Å². The second-order valence-electron chi connectivity index (χ2n) is 3.06. The van der Waals surface area contributed by atoms with Gasteiger partial charge in [0.25, 0.3) is 0 Å². The molecule has 0 N–H and O–H groups in total. The van der Waals surface area contributed by atoms with E-state index in [9.17, 15) is 0 Å². The molecule has 0 fully saturated rings. The molecule has 1 aliphatic heterocycles. The first kappa shape index (κ1) is 7.41. The van der Waals surface area contributed by atoms with Gasteiger partial charge >= 0.3 is 0 Å². The summed E-state index contributed by atoms with van der Waals surface area (Å²) in [5, 5.41) is 4.50. The fourth-order valence-corrected chi connectivity index (χ4v) is 1.46. The Hall–Kier alpha value is -1.24. The molecule has 0 saturated carbocycles. The van der Waals surface area contributed by atoms with Crippen molar-refractivity contribution in [2.45, 2.75) is 19.8 Å². The van der Waals surface area contributed by atoms with Gasteiger partial charge in [0.1, 0.15) is 0 Å². The van der Waals surface area contributed by atoms with Crippen LogP contribution in [0.15, 0.2) is 30.0 Å². The predicted molar refractivity (Wildman–Crippen MR) is 51.1 cm³/mol. The van der Waals surface area contributed by atoms with Crippen molar-refractivity contribution in [1.29, 1.82) is 0 Å². The van der Waals surface area contributed by atoms with Crippen molar-refractivity contribution < 1.29 is 0 Å². The Balaban J connectivity index is 2.23. The summed E-state index contributed by atoms with van der Waals surface area (Å²) in [6.07, 6.45) is 4.44. The lowest BCUT2D eigenvalue weighted by Gasteiger charge is -1.98. The highest BCUT2D eigenvalue weighted by Gasteiger charge is 2.10. The largest absolute Gasteiger partial charge is 0.253 e. The van der Waals surface area contributed by atoms with Crippen LogP contribution < -0.4 is 5.32 Å². The number of hydrogen-bond donors (Lipinski definition) is 0. The van der Waals surface area contributed by atoms with Crippen LogP contribution in [0.25, 0.3) is 6.08 Å². The molecule has 0 aromatic heterocycles. The zero-order valence-corrected chi connectivity index (χ0v) is 7.25. The van der Waals surface area contributed by atoms with E-state index >= 15 is 0 Å². The Morgan fingerprint density at radius 3 is 2.83 bits per heavy atom. The van der Waals surface area contributed by atoms with Crippen molar-refractivity contribution in [2.75, 3.05) is 0 Å².